The largest absolute Gasteiger partial charge is 0.437 e. The van der Waals surface area contributed by atoms with Crippen molar-refractivity contribution >= 4 is 85.6 Å². The Labute approximate surface area is 398 Å². The Kier molecular flexibility index (Phi) is 31.8. The molecule has 24 heteroatoms. The van der Waals surface area contributed by atoms with Gasteiger partial charge in [-0.25, -0.2) is 0 Å². The van der Waals surface area contributed by atoms with Crippen molar-refractivity contribution in [3.63, 3.8) is 0 Å². The third-order valence-corrected chi connectivity index (χ3v) is 41.2. The lowest BCUT2D eigenvalue weighted by molar-refractivity contribution is -0.00686. The maximum Gasteiger partial charge on any atom is 0.325 e. The first-order chi connectivity index (χ1) is 28.8. The van der Waals surface area contributed by atoms with Crippen molar-refractivity contribution in [1.29, 1.82) is 0 Å². The van der Waals surface area contributed by atoms with Crippen LogP contribution in [0.3, 0.4) is 0 Å². The van der Waals surface area contributed by atoms with Crippen LogP contribution in [0.2, 0.25) is 142 Å². The smallest absolute Gasteiger partial charge is 0.325 e. The molecule has 0 aromatic carbocycles. The van der Waals surface area contributed by atoms with Crippen LogP contribution in [-0.2, 0) is 52.5 Å². The molecule has 5 unspecified atom stereocenters. The van der Waals surface area contributed by atoms with Gasteiger partial charge in [0.05, 0.1) is 56.7 Å². The molecule has 0 aromatic heterocycles. The second-order valence-corrected chi connectivity index (χ2v) is 58.3. The molecule has 0 spiro atoms. The fourth-order valence-electron chi connectivity index (χ4n) is 7.50. The van der Waals surface area contributed by atoms with Crippen LogP contribution in [0.5, 0.6) is 0 Å². The Bertz CT molecular complexity index is 1190. The average molecular weight is 1070 g/mol. The highest BCUT2D eigenvalue weighted by Gasteiger charge is 2.49. The van der Waals surface area contributed by atoms with Crippen molar-refractivity contribution in [2.45, 2.75) is 181 Å². The standard InChI is InChI=1S/C39H100O14Si10/c1-39(45-29-23-33-61(17,47-38-55(4)5)53-63(19,35-21-27-43-31-25-41)51-59(14,15)49-57(9,10)11)36-44-28-22-32-60(16,46-37-54(2)3)52-62(18,34-20-26-42-30-24-40)50-58(12,13)48-56(6,7)8/h39-41,54-55H,20-38H2,1-19H3. The maximum absolute atomic E-state index is 9.20. The molecule has 380 valence electrons. The van der Waals surface area contributed by atoms with E-state index in [2.05, 4.69) is 125 Å². The zero-order chi connectivity index (χ0) is 48.7. The zero-order valence-corrected chi connectivity index (χ0v) is 54.3. The van der Waals surface area contributed by atoms with E-state index in [1.807, 2.05) is 0 Å². The Morgan fingerprint density at radius 3 is 1.08 bits per heavy atom. The van der Waals surface area contributed by atoms with Gasteiger partial charge >= 0.3 is 51.4 Å². The van der Waals surface area contributed by atoms with Gasteiger partial charge in [-0.3, -0.25) is 0 Å². The maximum atomic E-state index is 9.20. The summed E-state index contributed by atoms with van der Waals surface area (Å²) in [7, 11) is -21.5. The molecular weight excluding hydrogens is 973 g/mol. The van der Waals surface area contributed by atoms with Gasteiger partial charge in [-0.05, 0) is 148 Å². The Balaban J connectivity index is 5.62. The van der Waals surface area contributed by atoms with Gasteiger partial charge in [0, 0.05) is 38.9 Å². The summed E-state index contributed by atoms with van der Waals surface area (Å²) in [6.45, 7) is 45.3. The van der Waals surface area contributed by atoms with E-state index in [1.165, 1.54) is 0 Å². The van der Waals surface area contributed by atoms with Crippen molar-refractivity contribution in [3.8, 4) is 0 Å². The van der Waals surface area contributed by atoms with Crippen LogP contribution in [0.4, 0.5) is 0 Å². The van der Waals surface area contributed by atoms with E-state index < -0.39 is 85.6 Å². The molecule has 0 rings (SSSR count). The molecule has 5 atom stereocenters. The van der Waals surface area contributed by atoms with E-state index in [0.29, 0.717) is 46.2 Å². The summed E-state index contributed by atoms with van der Waals surface area (Å²) in [5.41, 5.74) is 0. The SMILES string of the molecule is CC(COCCC[Si](C)(OC[SiH](C)C)O[Si](C)(CCCOCCO)O[Si](C)(C)O[Si](C)(C)C)OCCC[Si](C)(OC[SiH](C)C)O[Si](C)(CCCOCCO)O[Si](C)(C)O[Si](C)(C)C. The predicted octanol–water partition coefficient (Wildman–Crippen LogP) is 8.53. The molecule has 0 aromatic rings. The molecule has 0 aliphatic carbocycles. The minimum atomic E-state index is -2.75. The molecule has 63 heavy (non-hydrogen) atoms. The van der Waals surface area contributed by atoms with E-state index in [0.717, 1.165) is 62.3 Å². The number of hydrogen-bond donors (Lipinski definition) is 2. The van der Waals surface area contributed by atoms with Gasteiger partial charge in [0.1, 0.15) is 0 Å². The lowest BCUT2D eigenvalue weighted by Crippen LogP contribution is -2.59. The highest BCUT2D eigenvalue weighted by atomic mass is 28.5. The Morgan fingerprint density at radius 2 is 0.746 bits per heavy atom. The quantitative estimate of drug-likeness (QED) is 0.0445. The summed E-state index contributed by atoms with van der Waals surface area (Å²) < 4.78 is 78.9. The van der Waals surface area contributed by atoms with Crippen LogP contribution in [0.25, 0.3) is 0 Å². The molecule has 2 N–H and O–H groups in total. The van der Waals surface area contributed by atoms with Crippen molar-refractivity contribution in [2.75, 3.05) is 71.9 Å². The Hall–Kier alpha value is 1.61. The van der Waals surface area contributed by atoms with Crippen LogP contribution in [-0.4, -0.2) is 174 Å². The molecule has 0 bridgehead atoms. The van der Waals surface area contributed by atoms with Crippen molar-refractivity contribution in [1.82, 2.24) is 0 Å². The second kappa shape index (κ2) is 31.1. The molecule has 14 nitrogen and oxygen atoms in total. The molecule has 0 aliphatic rings. The highest BCUT2D eigenvalue weighted by molar-refractivity contribution is 6.90. The van der Waals surface area contributed by atoms with E-state index >= 15 is 0 Å². The van der Waals surface area contributed by atoms with Crippen molar-refractivity contribution < 1.29 is 62.7 Å². The van der Waals surface area contributed by atoms with Gasteiger partial charge in [0.2, 0.25) is 0 Å². The average Bonchev–Trinajstić information content (AvgIpc) is 3.08. The topological polar surface area (TPSA) is 151 Å². The monoisotopic (exact) mass is 1070 g/mol. The highest BCUT2D eigenvalue weighted by Crippen LogP contribution is 2.32. The van der Waals surface area contributed by atoms with E-state index in [-0.39, 0.29) is 19.3 Å². The molecule has 0 amide bonds. The van der Waals surface area contributed by atoms with Crippen molar-refractivity contribution in [2.24, 2.45) is 0 Å². The Morgan fingerprint density at radius 1 is 0.413 bits per heavy atom. The molecule has 0 aliphatic heterocycles. The lowest BCUT2D eigenvalue weighted by Gasteiger charge is -2.43. The van der Waals surface area contributed by atoms with Gasteiger partial charge in [-0.15, -0.1) is 0 Å². The van der Waals surface area contributed by atoms with Gasteiger partial charge in [-0.2, -0.15) is 0 Å². The second-order valence-electron chi connectivity index (χ2n) is 21.4. The summed E-state index contributed by atoms with van der Waals surface area (Å²) >= 11 is 0. The molecule has 0 heterocycles. The summed E-state index contributed by atoms with van der Waals surface area (Å²) in [4.78, 5) is 0. The number of hydrogen-bond acceptors (Lipinski definition) is 14. The molecule has 0 fully saturated rings. The van der Waals surface area contributed by atoms with E-state index in [1.54, 1.807) is 0 Å². The van der Waals surface area contributed by atoms with Crippen LogP contribution in [0.15, 0.2) is 0 Å². The third-order valence-electron chi connectivity index (χ3n) is 9.10. The molecule has 0 saturated carbocycles. The van der Waals surface area contributed by atoms with Gasteiger partial charge < -0.3 is 62.7 Å². The summed E-state index contributed by atoms with van der Waals surface area (Å²) in [6, 6.07) is 3.15. The van der Waals surface area contributed by atoms with Crippen LogP contribution >= 0.6 is 0 Å². The van der Waals surface area contributed by atoms with Crippen LogP contribution in [0.1, 0.15) is 32.6 Å². The zero-order valence-electron chi connectivity index (χ0n) is 44.0. The number of rotatable bonds is 41. The van der Waals surface area contributed by atoms with E-state index in [4.69, 9.17) is 52.5 Å². The fraction of sp³-hybridized carbons (Fsp3) is 1.00. The first-order valence-electron chi connectivity index (χ1n) is 23.8. The van der Waals surface area contributed by atoms with Crippen LogP contribution in [0, 0.1) is 0 Å². The first kappa shape index (κ1) is 64.6. The lowest BCUT2D eigenvalue weighted by atomic mass is 10.4. The fourth-order valence-corrected chi connectivity index (χ4v) is 48.9. The normalized spacial score (nSPS) is 17.8. The minimum absolute atomic E-state index is 0.0139. The first-order valence-corrected chi connectivity index (χ1v) is 52.6. The summed E-state index contributed by atoms with van der Waals surface area (Å²) in [6.07, 6.45) is 4.70. The van der Waals surface area contributed by atoms with Gasteiger partial charge in [-0.1, -0.05) is 26.2 Å². The number of aliphatic hydroxyl groups is 2. The summed E-state index contributed by atoms with van der Waals surface area (Å²) in [5.74, 6) is 0. The number of ether oxygens (including phenoxy) is 4. The molecular formula is C39H100O14Si10. The van der Waals surface area contributed by atoms with Crippen LogP contribution < -0.4 is 0 Å². The predicted molar refractivity (Wildman–Crippen MR) is 284 cm³/mol. The third kappa shape index (κ3) is 35.4. The van der Waals surface area contributed by atoms with Gasteiger partial charge in [0.25, 0.3) is 0 Å². The van der Waals surface area contributed by atoms with Gasteiger partial charge in [0.15, 0.2) is 16.6 Å². The molecule has 0 saturated heterocycles. The minimum Gasteiger partial charge on any atom is -0.437 e. The summed E-state index contributed by atoms with van der Waals surface area (Å²) in [5, 5.41) is 18.4. The van der Waals surface area contributed by atoms with E-state index in [9.17, 15) is 10.2 Å². The number of aliphatic hydroxyl groups excluding tert-OH is 2. The molecule has 0 radical (unpaired) electrons. The van der Waals surface area contributed by atoms with Crippen molar-refractivity contribution in [3.05, 3.63) is 0 Å².